The summed E-state index contributed by atoms with van der Waals surface area (Å²) in [5.41, 5.74) is 8.21. The number of morpholine rings is 1. The number of carbonyl (C=O) groups excluding carboxylic acids is 2. The number of aromatic nitrogens is 1. The number of ether oxygens (including phenoxy) is 2. The van der Waals surface area contributed by atoms with Gasteiger partial charge in [-0.25, -0.2) is 0 Å². The van der Waals surface area contributed by atoms with Crippen molar-refractivity contribution in [2.24, 2.45) is 5.92 Å². The minimum atomic E-state index is -0.666. The van der Waals surface area contributed by atoms with Crippen molar-refractivity contribution in [2.45, 2.75) is 26.4 Å². The van der Waals surface area contributed by atoms with Crippen molar-refractivity contribution in [2.75, 3.05) is 35.7 Å². The molecule has 8 nitrogen and oxygen atoms in total. The van der Waals surface area contributed by atoms with Crippen molar-refractivity contribution in [3.05, 3.63) is 42.5 Å². The molecule has 0 spiro atoms. The van der Waals surface area contributed by atoms with Crippen LogP contribution in [0.15, 0.2) is 42.5 Å². The SMILES string of the molecule is CC(C)CC(Oc1ccc2nsc(N)c2c1)C(=O)Nc1ccc(N2CCOCC2=O)cc1. The molecule has 0 aliphatic carbocycles. The molecule has 1 aliphatic heterocycles. The summed E-state index contributed by atoms with van der Waals surface area (Å²) in [7, 11) is 0. The summed E-state index contributed by atoms with van der Waals surface area (Å²) in [4.78, 5) is 26.7. The van der Waals surface area contributed by atoms with Crippen LogP contribution >= 0.6 is 11.5 Å². The summed E-state index contributed by atoms with van der Waals surface area (Å²) in [6, 6.07) is 12.7. The van der Waals surface area contributed by atoms with Crippen LogP contribution in [0, 0.1) is 5.92 Å². The van der Waals surface area contributed by atoms with E-state index in [-0.39, 0.29) is 24.3 Å². The van der Waals surface area contributed by atoms with Gasteiger partial charge in [0, 0.05) is 23.3 Å². The second kappa shape index (κ2) is 9.54. The van der Waals surface area contributed by atoms with Crippen LogP contribution < -0.4 is 20.7 Å². The van der Waals surface area contributed by atoms with Gasteiger partial charge in [0.1, 0.15) is 17.4 Å². The molecule has 3 N–H and O–H groups in total. The summed E-state index contributed by atoms with van der Waals surface area (Å²) < 4.78 is 15.5. The highest BCUT2D eigenvalue weighted by molar-refractivity contribution is 7.11. The third kappa shape index (κ3) is 5.00. The first kappa shape index (κ1) is 22.0. The van der Waals surface area contributed by atoms with E-state index in [9.17, 15) is 9.59 Å². The highest BCUT2D eigenvalue weighted by Crippen LogP contribution is 2.29. The highest BCUT2D eigenvalue weighted by Gasteiger charge is 2.23. The molecule has 0 radical (unpaired) electrons. The van der Waals surface area contributed by atoms with Crippen molar-refractivity contribution in [3.63, 3.8) is 0 Å². The van der Waals surface area contributed by atoms with Gasteiger partial charge in [0.2, 0.25) is 0 Å². The Bertz CT molecular complexity index is 1110. The summed E-state index contributed by atoms with van der Waals surface area (Å²) in [5.74, 6) is 0.533. The third-order valence-corrected chi connectivity index (χ3v) is 5.87. The van der Waals surface area contributed by atoms with Crippen LogP contribution in [0.2, 0.25) is 0 Å². The Hall–Kier alpha value is -3.17. The molecule has 2 aromatic carbocycles. The summed E-state index contributed by atoms with van der Waals surface area (Å²) in [6.45, 7) is 5.20. The van der Waals surface area contributed by atoms with E-state index in [1.165, 1.54) is 11.5 Å². The first-order valence-corrected chi connectivity index (χ1v) is 11.3. The van der Waals surface area contributed by atoms with Crippen molar-refractivity contribution < 1.29 is 19.1 Å². The molecule has 1 atom stereocenters. The van der Waals surface area contributed by atoms with Gasteiger partial charge in [-0.2, -0.15) is 4.37 Å². The molecule has 32 heavy (non-hydrogen) atoms. The average Bonchev–Trinajstić information content (AvgIpc) is 3.14. The average molecular weight is 455 g/mol. The third-order valence-electron chi connectivity index (χ3n) is 5.16. The predicted octanol–water partition coefficient (Wildman–Crippen LogP) is 3.67. The smallest absolute Gasteiger partial charge is 0.265 e. The Kier molecular flexibility index (Phi) is 6.57. The maximum Gasteiger partial charge on any atom is 0.265 e. The van der Waals surface area contributed by atoms with E-state index < -0.39 is 6.10 Å². The number of anilines is 3. The molecule has 4 rings (SSSR count). The molecule has 9 heteroatoms. The van der Waals surface area contributed by atoms with Gasteiger partial charge in [-0.15, -0.1) is 0 Å². The zero-order chi connectivity index (χ0) is 22.7. The van der Waals surface area contributed by atoms with Gasteiger partial charge in [-0.1, -0.05) is 13.8 Å². The quantitative estimate of drug-likeness (QED) is 0.564. The maximum atomic E-state index is 13.0. The summed E-state index contributed by atoms with van der Waals surface area (Å²) >= 11 is 1.24. The van der Waals surface area contributed by atoms with Crippen LogP contribution in [0.5, 0.6) is 5.75 Å². The predicted molar refractivity (Wildman–Crippen MR) is 126 cm³/mol. The Balaban J connectivity index is 1.46. The fourth-order valence-corrected chi connectivity index (χ4v) is 4.17. The van der Waals surface area contributed by atoms with Crippen LogP contribution in [-0.2, 0) is 14.3 Å². The van der Waals surface area contributed by atoms with Crippen molar-refractivity contribution in [3.8, 4) is 5.75 Å². The molecule has 1 aliphatic rings. The molecule has 0 saturated carbocycles. The first-order valence-electron chi connectivity index (χ1n) is 10.5. The monoisotopic (exact) mass is 454 g/mol. The van der Waals surface area contributed by atoms with E-state index in [0.29, 0.717) is 36.0 Å². The van der Waals surface area contributed by atoms with Gasteiger partial charge in [-0.3, -0.25) is 9.59 Å². The lowest BCUT2D eigenvalue weighted by Crippen LogP contribution is -2.41. The summed E-state index contributed by atoms with van der Waals surface area (Å²) in [5, 5.41) is 4.37. The number of nitrogens with zero attached hydrogens (tertiary/aromatic N) is 2. The van der Waals surface area contributed by atoms with Gasteiger partial charge in [0.05, 0.1) is 12.1 Å². The maximum absolute atomic E-state index is 13.0. The number of hydrogen-bond donors (Lipinski definition) is 2. The van der Waals surface area contributed by atoms with Gasteiger partial charge in [0.25, 0.3) is 11.8 Å². The molecule has 2 heterocycles. The number of carbonyl (C=O) groups is 2. The van der Waals surface area contributed by atoms with Crippen LogP contribution in [0.4, 0.5) is 16.4 Å². The molecule has 3 aromatic rings. The number of benzene rings is 2. The standard InChI is InChI=1S/C23H26N4O4S/c1-14(2)11-20(31-17-7-8-19-18(12-17)22(24)32-26-19)23(29)25-15-3-5-16(6-4-15)27-9-10-30-13-21(27)28/h3-8,12,14,20H,9-11,13,24H2,1-2H3,(H,25,29). The molecule has 1 aromatic heterocycles. The Morgan fingerprint density at radius 3 is 2.78 bits per heavy atom. The fourth-order valence-electron chi connectivity index (χ4n) is 3.55. The van der Waals surface area contributed by atoms with Crippen LogP contribution in [-0.4, -0.2) is 42.1 Å². The minimum Gasteiger partial charge on any atom is -0.481 e. The largest absolute Gasteiger partial charge is 0.481 e. The van der Waals surface area contributed by atoms with Crippen molar-refractivity contribution >= 4 is 50.6 Å². The van der Waals surface area contributed by atoms with Gasteiger partial charge in [-0.05, 0) is 66.3 Å². The van der Waals surface area contributed by atoms with Crippen LogP contribution in [0.1, 0.15) is 20.3 Å². The molecule has 1 unspecified atom stereocenters. The molecular weight excluding hydrogens is 428 g/mol. The number of nitrogens with two attached hydrogens (primary N) is 1. The van der Waals surface area contributed by atoms with Crippen molar-refractivity contribution in [1.82, 2.24) is 4.37 Å². The first-order chi connectivity index (χ1) is 15.4. The Labute approximate surface area is 190 Å². The fraction of sp³-hybridized carbons (Fsp3) is 0.348. The molecule has 0 bridgehead atoms. The van der Waals surface area contributed by atoms with Gasteiger partial charge >= 0.3 is 0 Å². The van der Waals surface area contributed by atoms with E-state index >= 15 is 0 Å². The van der Waals surface area contributed by atoms with E-state index in [4.69, 9.17) is 15.2 Å². The highest BCUT2D eigenvalue weighted by atomic mass is 32.1. The van der Waals surface area contributed by atoms with Gasteiger partial charge < -0.3 is 25.4 Å². The van der Waals surface area contributed by atoms with E-state index in [0.717, 1.165) is 16.6 Å². The van der Waals surface area contributed by atoms with Crippen LogP contribution in [0.3, 0.4) is 0 Å². The number of nitrogens with one attached hydrogen (secondary N) is 1. The zero-order valence-corrected chi connectivity index (χ0v) is 18.9. The molecular formula is C23H26N4O4S. The molecule has 1 saturated heterocycles. The minimum absolute atomic E-state index is 0.0724. The van der Waals surface area contributed by atoms with E-state index in [1.54, 1.807) is 23.1 Å². The number of nitrogen functional groups attached to an aromatic ring is 1. The van der Waals surface area contributed by atoms with Crippen molar-refractivity contribution in [1.29, 1.82) is 0 Å². The summed E-state index contributed by atoms with van der Waals surface area (Å²) in [6.07, 6.45) is -0.109. The lowest BCUT2D eigenvalue weighted by molar-refractivity contribution is -0.125. The second-order valence-electron chi connectivity index (χ2n) is 8.10. The Morgan fingerprint density at radius 2 is 2.06 bits per heavy atom. The lowest BCUT2D eigenvalue weighted by Gasteiger charge is -2.27. The number of amides is 2. The van der Waals surface area contributed by atoms with Crippen LogP contribution in [0.25, 0.3) is 10.9 Å². The molecule has 2 amide bonds. The molecule has 1 fully saturated rings. The molecule has 168 valence electrons. The van der Waals surface area contributed by atoms with E-state index in [2.05, 4.69) is 9.69 Å². The van der Waals surface area contributed by atoms with E-state index in [1.807, 2.05) is 38.1 Å². The van der Waals surface area contributed by atoms with Gasteiger partial charge in [0.15, 0.2) is 6.10 Å². The number of fused-ring (bicyclic) bond motifs is 1. The second-order valence-corrected chi connectivity index (χ2v) is 8.90. The number of rotatable bonds is 7. The topological polar surface area (TPSA) is 107 Å². The number of hydrogen-bond acceptors (Lipinski definition) is 7. The lowest BCUT2D eigenvalue weighted by atomic mass is 10.0. The zero-order valence-electron chi connectivity index (χ0n) is 18.0. The Morgan fingerprint density at radius 1 is 1.28 bits per heavy atom. The normalized spacial score (nSPS) is 15.2.